The van der Waals surface area contributed by atoms with Crippen molar-refractivity contribution in [1.29, 1.82) is 0 Å². The van der Waals surface area contributed by atoms with Gasteiger partial charge in [-0.1, -0.05) is 18.2 Å². The highest BCUT2D eigenvalue weighted by molar-refractivity contribution is 6.00. The van der Waals surface area contributed by atoms with Crippen molar-refractivity contribution in [3.8, 4) is 0 Å². The molecule has 1 aromatic carbocycles. The third-order valence-corrected chi connectivity index (χ3v) is 2.59. The van der Waals surface area contributed by atoms with Gasteiger partial charge in [-0.3, -0.25) is 0 Å². The summed E-state index contributed by atoms with van der Waals surface area (Å²) in [6.45, 7) is 0.984. The highest BCUT2D eigenvalue weighted by Gasteiger charge is 2.15. The van der Waals surface area contributed by atoms with Crippen LogP contribution in [0.5, 0.6) is 0 Å². The number of rotatable bonds is 1. The first kappa shape index (κ1) is 10.7. The average Bonchev–Trinajstić information content (AvgIpc) is 2.66. The molecular formula is C12H15N3O. The Bertz CT molecular complexity index is 400. The number of hydrogen-bond donors (Lipinski definition) is 1. The van der Waals surface area contributed by atoms with Gasteiger partial charge in [0.15, 0.2) is 0 Å². The van der Waals surface area contributed by atoms with E-state index < -0.39 is 0 Å². The van der Waals surface area contributed by atoms with E-state index in [9.17, 15) is 4.79 Å². The molecule has 2 amide bonds. The van der Waals surface area contributed by atoms with Crippen LogP contribution >= 0.6 is 0 Å². The van der Waals surface area contributed by atoms with Gasteiger partial charge in [0.05, 0.1) is 0 Å². The zero-order valence-corrected chi connectivity index (χ0v) is 9.31. The van der Waals surface area contributed by atoms with Gasteiger partial charge in [0, 0.05) is 25.7 Å². The summed E-state index contributed by atoms with van der Waals surface area (Å²) in [5.41, 5.74) is 0.775. The van der Waals surface area contributed by atoms with Gasteiger partial charge < -0.3 is 10.2 Å². The molecule has 1 N–H and O–H groups in total. The van der Waals surface area contributed by atoms with Gasteiger partial charge in [-0.05, 0) is 18.6 Å². The second-order valence-corrected chi connectivity index (χ2v) is 3.85. The Kier molecular flexibility index (Phi) is 3.19. The molecule has 1 aliphatic rings. The Labute approximate surface area is 95.0 Å². The highest BCUT2D eigenvalue weighted by atomic mass is 16.2. The maximum absolute atomic E-state index is 11.6. The molecule has 4 heteroatoms. The van der Waals surface area contributed by atoms with Crippen LogP contribution in [0.1, 0.15) is 12.8 Å². The minimum Gasteiger partial charge on any atom is -0.363 e. The van der Waals surface area contributed by atoms with E-state index in [-0.39, 0.29) is 6.03 Å². The van der Waals surface area contributed by atoms with Gasteiger partial charge in [-0.25, -0.2) is 4.79 Å². The van der Waals surface area contributed by atoms with Crippen molar-refractivity contribution < 1.29 is 4.79 Å². The van der Waals surface area contributed by atoms with Crippen molar-refractivity contribution >= 4 is 17.6 Å². The van der Waals surface area contributed by atoms with Crippen LogP contribution in [-0.4, -0.2) is 30.4 Å². The van der Waals surface area contributed by atoms with Crippen LogP contribution in [0.2, 0.25) is 0 Å². The summed E-state index contributed by atoms with van der Waals surface area (Å²) >= 11 is 0. The number of para-hydroxylation sites is 1. The Hall–Kier alpha value is -1.84. The molecule has 1 fully saturated rings. The number of carbonyl (C=O) groups is 1. The number of amidine groups is 1. The smallest absolute Gasteiger partial charge is 0.347 e. The summed E-state index contributed by atoms with van der Waals surface area (Å²) < 4.78 is 0. The van der Waals surface area contributed by atoms with E-state index in [1.165, 1.54) is 0 Å². The number of hydrogen-bond acceptors (Lipinski definition) is 1. The topological polar surface area (TPSA) is 44.7 Å². The van der Waals surface area contributed by atoms with Crippen LogP contribution in [0, 0.1) is 0 Å². The number of aliphatic imine (C=N–C) groups is 1. The normalized spacial score (nSPS) is 17.8. The fourth-order valence-corrected chi connectivity index (χ4v) is 1.73. The standard InChI is InChI=1S/C12H15N3O/c1-15-9-5-8-11(15)14-12(16)13-10-6-3-2-4-7-10/h2-4,6-7H,5,8-9H2,1H3,(H,13,16)/b14-11+. The molecular weight excluding hydrogens is 202 g/mol. The summed E-state index contributed by atoms with van der Waals surface area (Å²) in [5, 5.41) is 2.74. The quantitative estimate of drug-likeness (QED) is 0.784. The summed E-state index contributed by atoms with van der Waals surface area (Å²) in [6.07, 6.45) is 1.96. The Morgan fingerprint density at radius 2 is 2.12 bits per heavy atom. The number of amides is 2. The predicted octanol–water partition coefficient (Wildman–Crippen LogP) is 2.34. The third kappa shape index (κ3) is 2.59. The number of anilines is 1. The van der Waals surface area contributed by atoms with E-state index in [2.05, 4.69) is 10.3 Å². The van der Waals surface area contributed by atoms with Crippen molar-refractivity contribution in [2.24, 2.45) is 4.99 Å². The van der Waals surface area contributed by atoms with Gasteiger partial charge >= 0.3 is 6.03 Å². The number of carbonyl (C=O) groups excluding carboxylic acids is 1. The molecule has 1 heterocycles. The minimum absolute atomic E-state index is 0.296. The number of nitrogens with zero attached hydrogens (tertiary/aromatic N) is 2. The first-order valence-corrected chi connectivity index (χ1v) is 5.40. The lowest BCUT2D eigenvalue weighted by Gasteiger charge is -2.10. The van der Waals surface area contributed by atoms with Crippen LogP contribution in [0.4, 0.5) is 10.5 Å². The van der Waals surface area contributed by atoms with Crippen molar-refractivity contribution in [3.05, 3.63) is 30.3 Å². The zero-order chi connectivity index (χ0) is 11.4. The number of urea groups is 1. The summed E-state index contributed by atoms with van der Waals surface area (Å²) in [6, 6.07) is 9.06. The lowest BCUT2D eigenvalue weighted by atomic mass is 10.3. The fraction of sp³-hybridized carbons (Fsp3) is 0.333. The first-order valence-electron chi connectivity index (χ1n) is 5.40. The highest BCUT2D eigenvalue weighted by Crippen LogP contribution is 2.10. The van der Waals surface area contributed by atoms with E-state index in [0.29, 0.717) is 0 Å². The first-order chi connectivity index (χ1) is 7.75. The van der Waals surface area contributed by atoms with Gasteiger partial charge in [-0.2, -0.15) is 4.99 Å². The molecule has 84 valence electrons. The molecule has 1 saturated heterocycles. The molecule has 2 rings (SSSR count). The van der Waals surface area contributed by atoms with Crippen molar-refractivity contribution in [3.63, 3.8) is 0 Å². The van der Waals surface area contributed by atoms with E-state index >= 15 is 0 Å². The maximum atomic E-state index is 11.6. The molecule has 0 saturated carbocycles. The Morgan fingerprint density at radius 1 is 1.38 bits per heavy atom. The molecule has 0 unspecified atom stereocenters. The van der Waals surface area contributed by atoms with Crippen molar-refractivity contribution in [2.75, 3.05) is 18.9 Å². The summed E-state index contributed by atoms with van der Waals surface area (Å²) in [7, 11) is 1.96. The Balaban J connectivity index is 1.99. The van der Waals surface area contributed by atoms with Crippen molar-refractivity contribution in [2.45, 2.75) is 12.8 Å². The predicted molar refractivity (Wildman–Crippen MR) is 64.8 cm³/mol. The molecule has 0 atom stereocenters. The molecule has 1 aliphatic heterocycles. The van der Waals surface area contributed by atoms with Gasteiger partial charge in [0.1, 0.15) is 5.84 Å². The average molecular weight is 217 g/mol. The molecule has 4 nitrogen and oxygen atoms in total. The fourth-order valence-electron chi connectivity index (χ4n) is 1.73. The minimum atomic E-state index is -0.296. The van der Waals surface area contributed by atoms with E-state index in [4.69, 9.17) is 0 Å². The summed E-state index contributed by atoms with van der Waals surface area (Å²) in [4.78, 5) is 17.7. The maximum Gasteiger partial charge on any atom is 0.347 e. The van der Waals surface area contributed by atoms with E-state index in [1.807, 2.05) is 42.3 Å². The largest absolute Gasteiger partial charge is 0.363 e. The van der Waals surface area contributed by atoms with Crippen LogP contribution in [-0.2, 0) is 0 Å². The monoisotopic (exact) mass is 217 g/mol. The van der Waals surface area contributed by atoms with Gasteiger partial charge in [0.25, 0.3) is 0 Å². The lowest BCUT2D eigenvalue weighted by molar-refractivity contribution is 0.259. The van der Waals surface area contributed by atoms with Crippen LogP contribution < -0.4 is 5.32 Å². The number of benzene rings is 1. The van der Waals surface area contributed by atoms with Crippen LogP contribution in [0.3, 0.4) is 0 Å². The SMILES string of the molecule is CN1CCC/C1=N\C(=O)Nc1ccccc1. The lowest BCUT2D eigenvalue weighted by Crippen LogP contribution is -2.21. The number of likely N-dealkylation sites (tertiary alicyclic amines) is 1. The van der Waals surface area contributed by atoms with E-state index in [0.717, 1.165) is 30.9 Å². The van der Waals surface area contributed by atoms with E-state index in [1.54, 1.807) is 0 Å². The molecule has 1 aromatic rings. The molecule has 0 spiro atoms. The molecule has 0 bridgehead atoms. The van der Waals surface area contributed by atoms with Gasteiger partial charge in [0.2, 0.25) is 0 Å². The third-order valence-electron chi connectivity index (χ3n) is 2.59. The van der Waals surface area contributed by atoms with Crippen molar-refractivity contribution in [1.82, 2.24) is 4.90 Å². The second-order valence-electron chi connectivity index (χ2n) is 3.85. The summed E-state index contributed by atoms with van der Waals surface area (Å²) in [5.74, 6) is 0.869. The molecule has 0 radical (unpaired) electrons. The number of nitrogens with one attached hydrogen (secondary N) is 1. The molecule has 0 aliphatic carbocycles. The molecule has 0 aromatic heterocycles. The van der Waals surface area contributed by atoms with Crippen LogP contribution in [0.15, 0.2) is 35.3 Å². The van der Waals surface area contributed by atoms with Crippen LogP contribution in [0.25, 0.3) is 0 Å². The molecule has 16 heavy (non-hydrogen) atoms. The second kappa shape index (κ2) is 4.79. The van der Waals surface area contributed by atoms with Gasteiger partial charge in [-0.15, -0.1) is 0 Å². The zero-order valence-electron chi connectivity index (χ0n) is 9.31. The Morgan fingerprint density at radius 3 is 2.75 bits per heavy atom.